The summed E-state index contributed by atoms with van der Waals surface area (Å²) >= 11 is 0. The highest BCUT2D eigenvalue weighted by molar-refractivity contribution is 7.89. The summed E-state index contributed by atoms with van der Waals surface area (Å²) in [5, 5.41) is 2.26. The first-order valence-electron chi connectivity index (χ1n) is 5.64. The molecule has 0 bridgehead atoms. The number of hydrogen-bond donors (Lipinski definition) is 2. The molecule has 0 radical (unpaired) electrons. The van der Waals surface area contributed by atoms with Crippen molar-refractivity contribution in [3.8, 4) is 0 Å². The largest absolute Gasteiger partial charge is 0.446 e. The summed E-state index contributed by atoms with van der Waals surface area (Å²) < 4.78 is 56.8. The normalized spacial score (nSPS) is 11.6. The topological polar surface area (TPSA) is 71.3 Å². The molecule has 5 nitrogen and oxygen atoms in total. The van der Waals surface area contributed by atoms with Gasteiger partial charge in [0.05, 0.1) is 6.54 Å². The number of halogens is 2. The quantitative estimate of drug-likeness (QED) is 0.887. The highest BCUT2D eigenvalue weighted by Gasteiger charge is 2.16. The van der Waals surface area contributed by atoms with E-state index >= 15 is 0 Å². The van der Waals surface area contributed by atoms with Crippen LogP contribution in [0.25, 0.3) is 0 Å². The lowest BCUT2D eigenvalue weighted by molar-refractivity contribution is 0.416. The van der Waals surface area contributed by atoms with Gasteiger partial charge in [-0.2, -0.15) is 0 Å². The standard InChI is InChI=1S/C12H12F2N2O3S/c1-15-20(17,18)11-6-5-8(19-11)7-16-12-9(13)3-2-4-10(12)14/h2-6,15-16H,7H2,1H3. The molecule has 0 unspecified atom stereocenters. The molecule has 2 N–H and O–H groups in total. The molecule has 0 aliphatic carbocycles. The van der Waals surface area contributed by atoms with Gasteiger partial charge in [0.2, 0.25) is 5.09 Å². The van der Waals surface area contributed by atoms with Crippen molar-refractivity contribution in [3.05, 3.63) is 47.7 Å². The molecular formula is C12H12F2N2O3S. The van der Waals surface area contributed by atoms with Crippen LogP contribution in [0, 0.1) is 11.6 Å². The lowest BCUT2D eigenvalue weighted by atomic mass is 10.3. The van der Waals surface area contributed by atoms with Gasteiger partial charge in [0.25, 0.3) is 10.0 Å². The molecule has 20 heavy (non-hydrogen) atoms. The summed E-state index contributed by atoms with van der Waals surface area (Å²) in [5.74, 6) is -1.24. The summed E-state index contributed by atoms with van der Waals surface area (Å²) in [4.78, 5) is 0. The van der Waals surface area contributed by atoms with Crippen molar-refractivity contribution in [1.29, 1.82) is 0 Å². The van der Waals surface area contributed by atoms with Crippen LogP contribution >= 0.6 is 0 Å². The second-order valence-corrected chi connectivity index (χ2v) is 5.70. The zero-order valence-corrected chi connectivity index (χ0v) is 11.3. The van der Waals surface area contributed by atoms with Gasteiger partial charge in [-0.15, -0.1) is 0 Å². The van der Waals surface area contributed by atoms with Crippen LogP contribution in [0.15, 0.2) is 39.8 Å². The maximum absolute atomic E-state index is 13.4. The Hall–Kier alpha value is -1.93. The summed E-state index contributed by atoms with van der Waals surface area (Å²) in [6, 6.07) is 6.16. The third kappa shape index (κ3) is 2.97. The minimum absolute atomic E-state index is 0.0446. The first-order valence-corrected chi connectivity index (χ1v) is 7.12. The van der Waals surface area contributed by atoms with E-state index in [0.717, 1.165) is 12.1 Å². The van der Waals surface area contributed by atoms with Crippen molar-refractivity contribution in [2.24, 2.45) is 0 Å². The fraction of sp³-hybridized carbons (Fsp3) is 0.167. The molecule has 0 atom stereocenters. The maximum Gasteiger partial charge on any atom is 0.273 e. The van der Waals surface area contributed by atoms with Gasteiger partial charge in [-0.05, 0) is 31.3 Å². The van der Waals surface area contributed by atoms with Gasteiger partial charge in [0, 0.05) is 0 Å². The van der Waals surface area contributed by atoms with Gasteiger partial charge in [-0.1, -0.05) is 6.07 Å². The lowest BCUT2D eigenvalue weighted by Crippen LogP contribution is -2.17. The number of hydrogen-bond acceptors (Lipinski definition) is 4. The molecule has 2 aromatic rings. The molecule has 1 heterocycles. The first-order chi connectivity index (χ1) is 9.44. The zero-order chi connectivity index (χ0) is 14.8. The van der Waals surface area contributed by atoms with E-state index in [1.54, 1.807) is 0 Å². The smallest absolute Gasteiger partial charge is 0.273 e. The van der Waals surface area contributed by atoms with Crippen molar-refractivity contribution < 1.29 is 21.6 Å². The van der Waals surface area contributed by atoms with Crippen LogP contribution in [0.4, 0.5) is 14.5 Å². The van der Waals surface area contributed by atoms with E-state index in [-0.39, 0.29) is 23.1 Å². The Kier molecular flexibility index (Phi) is 4.05. The average molecular weight is 302 g/mol. The number of anilines is 1. The Balaban J connectivity index is 2.13. The summed E-state index contributed by atoms with van der Waals surface area (Å²) in [7, 11) is -2.41. The predicted molar refractivity (Wildman–Crippen MR) is 68.6 cm³/mol. The fourth-order valence-corrected chi connectivity index (χ4v) is 2.21. The Labute approximate surface area is 114 Å². The van der Waals surface area contributed by atoms with Crippen LogP contribution in [0.2, 0.25) is 0 Å². The van der Waals surface area contributed by atoms with Crippen molar-refractivity contribution in [3.63, 3.8) is 0 Å². The molecule has 8 heteroatoms. The molecule has 1 aromatic carbocycles. The molecule has 0 fully saturated rings. The number of nitrogens with one attached hydrogen (secondary N) is 2. The van der Waals surface area contributed by atoms with E-state index in [1.807, 2.05) is 0 Å². The Morgan fingerprint density at radius 2 is 1.80 bits per heavy atom. The minimum Gasteiger partial charge on any atom is -0.446 e. The van der Waals surface area contributed by atoms with Crippen LogP contribution in [0.1, 0.15) is 5.76 Å². The Morgan fingerprint density at radius 1 is 1.15 bits per heavy atom. The van der Waals surface area contributed by atoms with Gasteiger partial charge in [0.15, 0.2) is 0 Å². The monoisotopic (exact) mass is 302 g/mol. The molecule has 0 spiro atoms. The number of rotatable bonds is 5. The van der Waals surface area contributed by atoms with Crippen LogP contribution in [-0.4, -0.2) is 15.5 Å². The second kappa shape index (κ2) is 5.59. The first kappa shape index (κ1) is 14.5. The van der Waals surface area contributed by atoms with Crippen LogP contribution in [0.5, 0.6) is 0 Å². The number of para-hydroxylation sites is 1. The highest BCUT2D eigenvalue weighted by Crippen LogP contribution is 2.20. The van der Waals surface area contributed by atoms with E-state index in [9.17, 15) is 17.2 Å². The predicted octanol–water partition coefficient (Wildman–Crippen LogP) is 2.08. The average Bonchev–Trinajstić information content (AvgIpc) is 2.88. The van der Waals surface area contributed by atoms with E-state index in [4.69, 9.17) is 4.42 Å². The molecule has 0 aliphatic heterocycles. The van der Waals surface area contributed by atoms with Crippen molar-refractivity contribution >= 4 is 15.7 Å². The van der Waals surface area contributed by atoms with E-state index in [1.165, 1.54) is 25.2 Å². The minimum atomic E-state index is -3.67. The molecule has 1 aromatic heterocycles. The van der Waals surface area contributed by atoms with Crippen molar-refractivity contribution in [1.82, 2.24) is 4.72 Å². The van der Waals surface area contributed by atoms with E-state index in [0.29, 0.717) is 0 Å². The highest BCUT2D eigenvalue weighted by atomic mass is 32.2. The van der Waals surface area contributed by atoms with Crippen LogP contribution in [-0.2, 0) is 16.6 Å². The Morgan fingerprint density at radius 3 is 2.40 bits per heavy atom. The molecule has 2 rings (SSSR count). The molecule has 0 saturated heterocycles. The van der Waals surface area contributed by atoms with Crippen molar-refractivity contribution in [2.45, 2.75) is 11.6 Å². The van der Waals surface area contributed by atoms with Crippen LogP contribution < -0.4 is 10.0 Å². The third-order valence-corrected chi connectivity index (χ3v) is 3.86. The Bertz CT molecular complexity index is 693. The number of furan rings is 1. The van der Waals surface area contributed by atoms with Gasteiger partial charge in [-0.3, -0.25) is 0 Å². The van der Waals surface area contributed by atoms with Gasteiger partial charge in [-0.25, -0.2) is 21.9 Å². The van der Waals surface area contributed by atoms with Crippen LogP contribution in [0.3, 0.4) is 0 Å². The SMILES string of the molecule is CNS(=O)(=O)c1ccc(CNc2c(F)cccc2F)o1. The summed E-state index contributed by atoms with van der Waals surface area (Å²) in [6.45, 7) is -0.0446. The fourth-order valence-electron chi connectivity index (χ4n) is 1.54. The van der Waals surface area contributed by atoms with E-state index in [2.05, 4.69) is 10.0 Å². The van der Waals surface area contributed by atoms with E-state index < -0.39 is 21.7 Å². The third-order valence-electron chi connectivity index (χ3n) is 2.57. The molecule has 0 saturated carbocycles. The number of sulfonamides is 1. The molecule has 108 valence electrons. The van der Waals surface area contributed by atoms with Gasteiger partial charge < -0.3 is 9.73 Å². The molecule has 0 aliphatic rings. The second-order valence-electron chi connectivity index (χ2n) is 3.88. The van der Waals surface area contributed by atoms with Gasteiger partial charge >= 0.3 is 0 Å². The number of benzene rings is 1. The lowest BCUT2D eigenvalue weighted by Gasteiger charge is -2.06. The molecular weight excluding hydrogens is 290 g/mol. The zero-order valence-electron chi connectivity index (χ0n) is 10.5. The summed E-state index contributed by atoms with van der Waals surface area (Å²) in [6.07, 6.45) is 0. The molecule has 0 amide bonds. The maximum atomic E-state index is 13.4. The van der Waals surface area contributed by atoms with Crippen molar-refractivity contribution in [2.75, 3.05) is 12.4 Å². The van der Waals surface area contributed by atoms with Gasteiger partial charge in [0.1, 0.15) is 23.1 Å². The summed E-state index contributed by atoms with van der Waals surface area (Å²) in [5.41, 5.74) is -0.290.